The average molecular weight is 386 g/mol. The Labute approximate surface area is 161 Å². The first-order valence-electron chi connectivity index (χ1n) is 8.69. The molecular weight excluding hydrogens is 366 g/mol. The minimum atomic E-state index is -0.538. The molecule has 0 N–H and O–H groups in total. The van der Waals surface area contributed by atoms with E-state index in [1.54, 1.807) is 17.1 Å². The highest BCUT2D eigenvalue weighted by molar-refractivity contribution is 6.33. The second-order valence-electron chi connectivity index (χ2n) is 6.80. The molecule has 140 valence electrons. The Balaban J connectivity index is 1.67. The second-order valence-corrected chi connectivity index (χ2v) is 7.18. The highest BCUT2D eigenvalue weighted by Crippen LogP contribution is 2.33. The monoisotopic (exact) mass is 385 g/mol. The van der Waals surface area contributed by atoms with E-state index < -0.39 is 5.60 Å². The summed E-state index contributed by atoms with van der Waals surface area (Å²) < 4.78 is 9.10. The zero-order valence-corrected chi connectivity index (χ0v) is 15.9. The summed E-state index contributed by atoms with van der Waals surface area (Å²) in [6.45, 7) is 3.72. The van der Waals surface area contributed by atoms with E-state index in [2.05, 4.69) is 10.2 Å². The van der Waals surface area contributed by atoms with E-state index in [1.807, 2.05) is 55.4 Å². The summed E-state index contributed by atoms with van der Waals surface area (Å²) in [7, 11) is 1.87. The van der Waals surface area contributed by atoms with Crippen LogP contribution in [0.3, 0.4) is 0 Å². The fraction of sp³-hybridized carbons (Fsp3) is 0.316. The number of rotatable bonds is 3. The van der Waals surface area contributed by atoms with Gasteiger partial charge in [-0.2, -0.15) is 14.9 Å². The lowest BCUT2D eigenvalue weighted by Crippen LogP contribution is -2.48. The van der Waals surface area contributed by atoms with Gasteiger partial charge in [-0.1, -0.05) is 29.8 Å². The van der Waals surface area contributed by atoms with Crippen LogP contribution < -0.4 is 10.5 Å². The lowest BCUT2D eigenvalue weighted by atomic mass is 9.97. The van der Waals surface area contributed by atoms with E-state index >= 15 is 0 Å². The van der Waals surface area contributed by atoms with Crippen LogP contribution in [-0.2, 0) is 17.4 Å². The summed E-state index contributed by atoms with van der Waals surface area (Å²) >= 11 is 6.45. The molecule has 4 rings (SSSR count). The van der Waals surface area contributed by atoms with E-state index in [0.717, 1.165) is 5.56 Å². The number of benzene rings is 1. The Hall–Kier alpha value is -2.64. The summed E-state index contributed by atoms with van der Waals surface area (Å²) in [5, 5.41) is 8.72. The number of halogens is 1. The third-order valence-electron chi connectivity index (χ3n) is 4.83. The Morgan fingerprint density at radius 1 is 1.19 bits per heavy atom. The highest BCUT2D eigenvalue weighted by atomic mass is 35.5. The fourth-order valence-corrected chi connectivity index (χ4v) is 3.59. The Morgan fingerprint density at radius 3 is 2.67 bits per heavy atom. The van der Waals surface area contributed by atoms with Crippen molar-refractivity contribution in [3.63, 3.8) is 0 Å². The Kier molecular flexibility index (Phi) is 4.49. The number of morpholine rings is 1. The number of aryl methyl sites for hydroxylation is 1. The van der Waals surface area contributed by atoms with E-state index in [9.17, 15) is 4.79 Å². The van der Waals surface area contributed by atoms with E-state index in [-0.39, 0.29) is 10.6 Å². The first-order valence-corrected chi connectivity index (χ1v) is 9.07. The smallest absolute Gasteiger partial charge is 0.292 e. The van der Waals surface area contributed by atoms with Gasteiger partial charge in [-0.3, -0.25) is 9.48 Å². The predicted octanol–water partition coefficient (Wildman–Crippen LogP) is 2.37. The molecule has 3 heterocycles. The molecule has 1 atom stereocenters. The van der Waals surface area contributed by atoms with Crippen LogP contribution in [0.1, 0.15) is 12.5 Å². The van der Waals surface area contributed by atoms with Crippen LogP contribution in [-0.4, -0.2) is 39.3 Å². The molecule has 1 aliphatic heterocycles. The van der Waals surface area contributed by atoms with Gasteiger partial charge in [-0.05, 0) is 19.1 Å². The molecule has 1 fully saturated rings. The van der Waals surface area contributed by atoms with Gasteiger partial charge in [0.05, 0.1) is 36.9 Å². The maximum atomic E-state index is 12.8. The van der Waals surface area contributed by atoms with Gasteiger partial charge in [0.25, 0.3) is 5.56 Å². The predicted molar refractivity (Wildman–Crippen MR) is 104 cm³/mol. The molecule has 1 aromatic carbocycles. The van der Waals surface area contributed by atoms with Gasteiger partial charge in [-0.15, -0.1) is 0 Å². The molecule has 27 heavy (non-hydrogen) atoms. The molecule has 0 bridgehead atoms. The van der Waals surface area contributed by atoms with Gasteiger partial charge < -0.3 is 9.64 Å². The summed E-state index contributed by atoms with van der Waals surface area (Å²) in [4.78, 5) is 14.8. The van der Waals surface area contributed by atoms with Crippen molar-refractivity contribution in [1.29, 1.82) is 0 Å². The minimum Gasteiger partial charge on any atom is -0.367 e. The normalized spacial score (nSPS) is 20.0. The van der Waals surface area contributed by atoms with Gasteiger partial charge in [0.15, 0.2) is 0 Å². The van der Waals surface area contributed by atoms with E-state index in [4.69, 9.17) is 16.3 Å². The maximum Gasteiger partial charge on any atom is 0.292 e. The summed E-state index contributed by atoms with van der Waals surface area (Å²) in [5.41, 5.74) is 1.40. The van der Waals surface area contributed by atoms with Crippen molar-refractivity contribution in [1.82, 2.24) is 19.6 Å². The van der Waals surface area contributed by atoms with Crippen molar-refractivity contribution in [3.8, 4) is 5.69 Å². The van der Waals surface area contributed by atoms with Crippen molar-refractivity contribution in [2.75, 3.05) is 24.6 Å². The molecule has 0 aliphatic carbocycles. The molecule has 0 saturated carbocycles. The number of ether oxygens (including phenoxy) is 1. The van der Waals surface area contributed by atoms with Gasteiger partial charge in [-0.25, -0.2) is 0 Å². The molecule has 3 aromatic rings. The van der Waals surface area contributed by atoms with Crippen molar-refractivity contribution >= 4 is 17.3 Å². The van der Waals surface area contributed by atoms with Gasteiger partial charge in [0.2, 0.25) is 0 Å². The fourth-order valence-electron chi connectivity index (χ4n) is 3.34. The third-order valence-corrected chi connectivity index (χ3v) is 5.19. The van der Waals surface area contributed by atoms with Crippen LogP contribution in [0.4, 0.5) is 5.69 Å². The Bertz CT molecular complexity index is 1020. The zero-order valence-electron chi connectivity index (χ0n) is 15.2. The first-order chi connectivity index (χ1) is 13.0. The van der Waals surface area contributed by atoms with Crippen LogP contribution in [0.25, 0.3) is 5.69 Å². The first kappa shape index (κ1) is 17.8. The molecule has 2 aromatic heterocycles. The standard InChI is InChI=1S/C19H20ClN5O2/c1-19(14-10-21-23(2)12-14)13-24(8-9-27-19)16-11-22-25(18(26)17(16)20)15-6-4-3-5-7-15/h3-7,10-12H,8-9,13H2,1-2H3. The zero-order chi connectivity index (χ0) is 19.0. The minimum absolute atomic E-state index is 0.157. The maximum absolute atomic E-state index is 12.8. The van der Waals surface area contributed by atoms with Crippen LogP contribution in [0.5, 0.6) is 0 Å². The second kappa shape index (κ2) is 6.83. The molecule has 7 nitrogen and oxygen atoms in total. The highest BCUT2D eigenvalue weighted by Gasteiger charge is 2.36. The Morgan fingerprint density at radius 2 is 1.96 bits per heavy atom. The number of aromatic nitrogens is 4. The number of anilines is 1. The largest absolute Gasteiger partial charge is 0.367 e. The van der Waals surface area contributed by atoms with Crippen molar-refractivity contribution in [2.45, 2.75) is 12.5 Å². The molecular formula is C19H20ClN5O2. The molecule has 1 aliphatic rings. The summed E-state index contributed by atoms with van der Waals surface area (Å²) in [6, 6.07) is 9.23. The van der Waals surface area contributed by atoms with Crippen LogP contribution in [0, 0.1) is 0 Å². The molecule has 8 heteroatoms. The molecule has 0 radical (unpaired) electrons. The number of hydrogen-bond acceptors (Lipinski definition) is 5. The van der Waals surface area contributed by atoms with Crippen LogP contribution in [0.2, 0.25) is 5.02 Å². The average Bonchev–Trinajstić information content (AvgIpc) is 3.12. The number of nitrogens with zero attached hydrogens (tertiary/aromatic N) is 5. The molecule has 0 spiro atoms. The summed E-state index contributed by atoms with van der Waals surface area (Å²) in [6.07, 6.45) is 5.39. The van der Waals surface area contributed by atoms with Crippen molar-refractivity contribution < 1.29 is 4.74 Å². The topological polar surface area (TPSA) is 65.2 Å². The SMILES string of the molecule is Cn1cc(C2(C)CN(c3cnn(-c4ccccc4)c(=O)c3Cl)CCO2)cn1. The van der Waals surface area contributed by atoms with Gasteiger partial charge in [0.1, 0.15) is 10.6 Å². The number of hydrogen-bond donors (Lipinski definition) is 0. The third kappa shape index (κ3) is 3.24. The summed E-state index contributed by atoms with van der Waals surface area (Å²) in [5.74, 6) is 0. The van der Waals surface area contributed by atoms with Gasteiger partial charge >= 0.3 is 0 Å². The lowest BCUT2D eigenvalue weighted by Gasteiger charge is -2.41. The molecule has 1 unspecified atom stereocenters. The van der Waals surface area contributed by atoms with E-state index in [1.165, 1.54) is 4.68 Å². The molecule has 0 amide bonds. The van der Waals surface area contributed by atoms with Crippen LogP contribution in [0.15, 0.2) is 53.7 Å². The van der Waals surface area contributed by atoms with Crippen molar-refractivity contribution in [3.05, 3.63) is 69.9 Å². The van der Waals surface area contributed by atoms with E-state index in [0.29, 0.717) is 31.1 Å². The van der Waals surface area contributed by atoms with Crippen molar-refractivity contribution in [2.24, 2.45) is 7.05 Å². The van der Waals surface area contributed by atoms with Crippen LogP contribution >= 0.6 is 11.6 Å². The molecule has 1 saturated heterocycles. The lowest BCUT2D eigenvalue weighted by molar-refractivity contribution is -0.0466. The quantitative estimate of drug-likeness (QED) is 0.692. The van der Waals surface area contributed by atoms with Gasteiger partial charge in [0, 0.05) is 25.4 Å². The number of para-hydroxylation sites is 1.